The summed E-state index contributed by atoms with van der Waals surface area (Å²) in [6.07, 6.45) is 6.84. The molecule has 84 valence electrons. The number of carbonyl (C=O) groups excluding carboxylic acids is 1. The van der Waals surface area contributed by atoms with Gasteiger partial charge >= 0.3 is 5.97 Å². The molecule has 2 aliphatic carbocycles. The summed E-state index contributed by atoms with van der Waals surface area (Å²) >= 11 is 0. The average Bonchev–Trinajstić information content (AvgIpc) is 2.29. The molecular weight excluding hydrogens is 218 g/mol. The van der Waals surface area contributed by atoms with Crippen LogP contribution in [0.2, 0.25) is 0 Å². The van der Waals surface area contributed by atoms with Crippen LogP contribution in [-0.4, -0.2) is 21.8 Å². The minimum absolute atomic E-state index is 0.192. The smallest absolute Gasteiger partial charge is 0.322 e. The van der Waals surface area contributed by atoms with Crippen LogP contribution in [-0.2, 0) is 15.0 Å². The molecule has 0 aliphatic heterocycles. The summed E-state index contributed by atoms with van der Waals surface area (Å²) in [5, 5.41) is 9.45. The zero-order valence-electron chi connectivity index (χ0n) is 8.88. The van der Waals surface area contributed by atoms with Gasteiger partial charge in [-0.05, 0) is 18.6 Å². The molecule has 1 atom stereocenters. The molecule has 1 aromatic rings. The fourth-order valence-corrected chi connectivity index (χ4v) is 2.46. The Hall–Kier alpha value is -2.23. The molecule has 0 fully saturated rings. The number of hydrogen-bond acceptors (Lipinski definition) is 3. The van der Waals surface area contributed by atoms with E-state index in [1.807, 2.05) is 0 Å². The number of fused-ring (bicyclic) bond motifs is 4. The van der Waals surface area contributed by atoms with Crippen LogP contribution >= 0.6 is 0 Å². The highest BCUT2D eigenvalue weighted by molar-refractivity contribution is 6.22. The van der Waals surface area contributed by atoms with Crippen molar-refractivity contribution in [3.8, 4) is 0 Å². The van der Waals surface area contributed by atoms with E-state index in [9.17, 15) is 14.7 Å². The van der Waals surface area contributed by atoms with Gasteiger partial charge in [-0.2, -0.15) is 0 Å². The Kier molecular flexibility index (Phi) is 1.84. The number of Topliss-reactive ketones (excluding diaryl/α,β-unsaturated/α-hetero) is 1. The Morgan fingerprint density at radius 3 is 3.06 bits per heavy atom. The minimum atomic E-state index is -1.47. The van der Waals surface area contributed by atoms with Gasteiger partial charge in [0.2, 0.25) is 0 Å². The number of carboxylic acid groups (broad SMARTS) is 1. The van der Waals surface area contributed by atoms with Gasteiger partial charge in [-0.3, -0.25) is 14.6 Å². The van der Waals surface area contributed by atoms with Crippen LogP contribution in [0.25, 0.3) is 6.08 Å². The molecule has 1 N–H and O–H groups in total. The quantitative estimate of drug-likeness (QED) is 0.735. The monoisotopic (exact) mass is 227 g/mol. The summed E-state index contributed by atoms with van der Waals surface area (Å²) in [6.45, 7) is 0. The third kappa shape index (κ3) is 1.09. The van der Waals surface area contributed by atoms with Crippen LogP contribution < -0.4 is 0 Å². The van der Waals surface area contributed by atoms with Crippen LogP contribution in [0.1, 0.15) is 17.7 Å². The van der Waals surface area contributed by atoms with Crippen LogP contribution in [0.3, 0.4) is 0 Å². The summed E-state index contributed by atoms with van der Waals surface area (Å²) < 4.78 is 0. The Morgan fingerprint density at radius 1 is 1.47 bits per heavy atom. The molecule has 17 heavy (non-hydrogen) atoms. The van der Waals surface area contributed by atoms with Crippen molar-refractivity contribution in [1.29, 1.82) is 0 Å². The minimum Gasteiger partial charge on any atom is -0.480 e. The SMILES string of the molecule is O=C(O)C12CC=CC(=Cc3ncccc31)C2=O. The Bertz CT molecular complexity index is 600. The zero-order valence-corrected chi connectivity index (χ0v) is 8.88. The van der Waals surface area contributed by atoms with Gasteiger partial charge in [-0.1, -0.05) is 18.2 Å². The van der Waals surface area contributed by atoms with Gasteiger partial charge in [-0.15, -0.1) is 0 Å². The maximum Gasteiger partial charge on any atom is 0.322 e. The van der Waals surface area contributed by atoms with Gasteiger partial charge in [0.15, 0.2) is 11.2 Å². The fourth-order valence-electron chi connectivity index (χ4n) is 2.46. The number of aromatic nitrogens is 1. The van der Waals surface area contributed by atoms with Crippen LogP contribution in [0.15, 0.2) is 36.1 Å². The van der Waals surface area contributed by atoms with Gasteiger partial charge in [0.05, 0.1) is 5.69 Å². The number of carboxylic acids is 1. The second-order valence-electron chi connectivity index (χ2n) is 4.18. The van der Waals surface area contributed by atoms with Crippen LogP contribution in [0, 0.1) is 0 Å². The van der Waals surface area contributed by atoms with Gasteiger partial charge in [-0.25, -0.2) is 0 Å². The van der Waals surface area contributed by atoms with Crippen molar-refractivity contribution in [3.05, 3.63) is 47.3 Å². The fraction of sp³-hybridized carbons (Fsp3) is 0.154. The summed E-state index contributed by atoms with van der Waals surface area (Å²) in [5.74, 6) is -1.44. The third-order valence-electron chi connectivity index (χ3n) is 3.33. The van der Waals surface area contributed by atoms with E-state index in [1.54, 1.807) is 36.6 Å². The Balaban J connectivity index is 2.40. The highest BCUT2D eigenvalue weighted by atomic mass is 16.4. The number of nitrogens with zero attached hydrogens (tertiary/aromatic N) is 1. The summed E-state index contributed by atoms with van der Waals surface area (Å²) in [4.78, 5) is 27.9. The predicted octanol–water partition coefficient (Wildman–Crippen LogP) is 1.33. The molecule has 0 saturated heterocycles. The van der Waals surface area contributed by atoms with Crippen LogP contribution in [0.5, 0.6) is 0 Å². The van der Waals surface area contributed by atoms with E-state index in [0.717, 1.165) is 0 Å². The number of allylic oxidation sites excluding steroid dienone is 3. The molecule has 1 heterocycles. The maximum absolute atomic E-state index is 12.2. The van der Waals surface area contributed by atoms with E-state index >= 15 is 0 Å². The van der Waals surface area contributed by atoms with E-state index in [1.165, 1.54) is 0 Å². The predicted molar refractivity (Wildman–Crippen MR) is 60.3 cm³/mol. The summed E-state index contributed by atoms with van der Waals surface area (Å²) in [6, 6.07) is 3.33. The van der Waals surface area contributed by atoms with Crippen molar-refractivity contribution >= 4 is 17.8 Å². The molecule has 0 aromatic carbocycles. The molecule has 1 unspecified atom stereocenters. The molecule has 3 rings (SSSR count). The molecule has 0 amide bonds. The largest absolute Gasteiger partial charge is 0.480 e. The molecule has 4 nitrogen and oxygen atoms in total. The van der Waals surface area contributed by atoms with Crippen molar-refractivity contribution in [2.45, 2.75) is 11.8 Å². The first-order valence-electron chi connectivity index (χ1n) is 5.28. The number of hydrogen-bond donors (Lipinski definition) is 1. The lowest BCUT2D eigenvalue weighted by molar-refractivity contribution is -0.148. The second-order valence-corrected chi connectivity index (χ2v) is 4.18. The average molecular weight is 227 g/mol. The molecule has 0 radical (unpaired) electrons. The van der Waals surface area contributed by atoms with Crippen LogP contribution in [0.4, 0.5) is 0 Å². The molecule has 2 aliphatic rings. The van der Waals surface area contributed by atoms with Gasteiger partial charge in [0.25, 0.3) is 0 Å². The number of pyridine rings is 1. The third-order valence-corrected chi connectivity index (χ3v) is 3.33. The number of ketones is 1. The Morgan fingerprint density at radius 2 is 2.29 bits per heavy atom. The second kappa shape index (κ2) is 3.13. The molecule has 4 heteroatoms. The standard InChI is InChI=1S/C13H9NO3/c15-11-8-3-1-5-13(11,12(16)17)9-4-2-6-14-10(9)7-8/h1-4,6-7H,5H2,(H,16,17). The van der Waals surface area contributed by atoms with Crippen molar-refractivity contribution < 1.29 is 14.7 Å². The molecule has 2 bridgehead atoms. The molecular formula is C13H9NO3. The van der Waals surface area contributed by atoms with E-state index in [4.69, 9.17) is 0 Å². The first kappa shape index (κ1) is 9.96. The highest BCUT2D eigenvalue weighted by Crippen LogP contribution is 2.41. The van der Waals surface area contributed by atoms with Gasteiger partial charge < -0.3 is 5.11 Å². The molecule has 0 spiro atoms. The lowest BCUT2D eigenvalue weighted by atomic mass is 9.66. The van der Waals surface area contributed by atoms with E-state index in [0.29, 0.717) is 16.8 Å². The van der Waals surface area contributed by atoms with Crippen molar-refractivity contribution in [2.75, 3.05) is 0 Å². The summed E-state index contributed by atoms with van der Waals surface area (Å²) in [7, 11) is 0. The first-order valence-corrected chi connectivity index (χ1v) is 5.28. The molecule has 1 aromatic heterocycles. The first-order chi connectivity index (χ1) is 8.16. The van der Waals surface area contributed by atoms with Gasteiger partial charge in [0.1, 0.15) is 0 Å². The Labute approximate surface area is 97.3 Å². The zero-order chi connectivity index (χ0) is 12.0. The summed E-state index contributed by atoms with van der Waals surface area (Å²) in [5.41, 5.74) is 0.0203. The van der Waals surface area contributed by atoms with Crippen molar-refractivity contribution in [2.24, 2.45) is 0 Å². The number of aliphatic carboxylic acids is 1. The molecule has 0 saturated carbocycles. The maximum atomic E-state index is 12.2. The van der Waals surface area contributed by atoms with E-state index < -0.39 is 11.4 Å². The number of carbonyl (C=O) groups is 2. The van der Waals surface area contributed by atoms with Crippen molar-refractivity contribution in [1.82, 2.24) is 4.98 Å². The number of rotatable bonds is 1. The van der Waals surface area contributed by atoms with Gasteiger partial charge in [0, 0.05) is 17.3 Å². The highest BCUT2D eigenvalue weighted by Gasteiger charge is 2.52. The topological polar surface area (TPSA) is 67.3 Å². The lowest BCUT2D eigenvalue weighted by Gasteiger charge is -2.34. The lowest BCUT2D eigenvalue weighted by Crippen LogP contribution is -2.47. The van der Waals surface area contributed by atoms with E-state index in [2.05, 4.69) is 4.98 Å². The normalized spacial score (nSPS) is 25.2. The van der Waals surface area contributed by atoms with E-state index in [-0.39, 0.29) is 12.2 Å². The van der Waals surface area contributed by atoms with Crippen molar-refractivity contribution in [3.63, 3.8) is 0 Å².